The molecule has 0 aromatic heterocycles. The van der Waals surface area contributed by atoms with Crippen molar-refractivity contribution in [3.8, 4) is 11.5 Å². The van der Waals surface area contributed by atoms with E-state index in [-0.39, 0.29) is 18.3 Å². The normalized spacial score (nSPS) is 10.8. The van der Waals surface area contributed by atoms with E-state index in [0.717, 1.165) is 16.7 Å². The van der Waals surface area contributed by atoms with Crippen molar-refractivity contribution in [2.75, 3.05) is 6.61 Å². The van der Waals surface area contributed by atoms with Crippen LogP contribution in [-0.4, -0.2) is 18.7 Å². The molecule has 3 aromatic rings. The summed E-state index contributed by atoms with van der Waals surface area (Å²) in [5.41, 5.74) is 5.53. The summed E-state index contributed by atoms with van der Waals surface area (Å²) in [5, 5.41) is 4.06. The smallest absolute Gasteiger partial charge is 0.271 e. The Labute approximate surface area is 189 Å². The number of halogens is 2. The van der Waals surface area contributed by atoms with Crippen molar-refractivity contribution in [1.29, 1.82) is 0 Å². The SMILES string of the molecule is CCOc1cc(/C=N\NC(=O)c2ccccc2C)cc(Br)c1OCc1ccc(F)cc1. The standard InChI is InChI=1S/C24H22BrFN2O3/c1-3-30-22-13-18(14-27-28-24(29)20-7-5-4-6-16(20)2)12-21(25)23(22)31-15-17-8-10-19(26)11-9-17/h4-14H,3,15H2,1-2H3,(H,28,29)/b27-14-. The predicted molar refractivity (Wildman–Crippen MR) is 122 cm³/mol. The minimum atomic E-state index is -0.293. The van der Waals surface area contributed by atoms with E-state index >= 15 is 0 Å². The van der Waals surface area contributed by atoms with Gasteiger partial charge in [0.25, 0.3) is 5.91 Å². The van der Waals surface area contributed by atoms with Gasteiger partial charge in [-0.15, -0.1) is 0 Å². The number of nitrogens with zero attached hydrogens (tertiary/aromatic N) is 1. The summed E-state index contributed by atoms with van der Waals surface area (Å²) in [4.78, 5) is 12.3. The number of carbonyl (C=O) groups is 1. The molecule has 5 nitrogen and oxygen atoms in total. The minimum absolute atomic E-state index is 0.263. The fraction of sp³-hybridized carbons (Fsp3) is 0.167. The molecule has 0 spiro atoms. The Balaban J connectivity index is 1.73. The number of rotatable bonds is 8. The second kappa shape index (κ2) is 10.7. The third kappa shape index (κ3) is 6.15. The van der Waals surface area contributed by atoms with Crippen LogP contribution >= 0.6 is 15.9 Å². The second-order valence-electron chi connectivity index (χ2n) is 6.69. The molecule has 1 N–H and O–H groups in total. The minimum Gasteiger partial charge on any atom is -0.490 e. The van der Waals surface area contributed by atoms with Crippen LogP contribution in [0.4, 0.5) is 4.39 Å². The number of aryl methyl sites for hydroxylation is 1. The van der Waals surface area contributed by atoms with E-state index in [9.17, 15) is 9.18 Å². The Kier molecular flexibility index (Phi) is 7.78. The van der Waals surface area contributed by atoms with Crippen molar-refractivity contribution >= 4 is 28.1 Å². The Morgan fingerprint density at radius 2 is 1.87 bits per heavy atom. The van der Waals surface area contributed by atoms with Gasteiger partial charge in [-0.25, -0.2) is 9.82 Å². The lowest BCUT2D eigenvalue weighted by Crippen LogP contribution is -2.18. The van der Waals surface area contributed by atoms with E-state index in [1.165, 1.54) is 18.3 Å². The molecule has 7 heteroatoms. The maximum absolute atomic E-state index is 13.1. The first-order chi connectivity index (χ1) is 15.0. The molecule has 0 saturated carbocycles. The number of carbonyl (C=O) groups excluding carboxylic acids is 1. The molecule has 0 bridgehead atoms. The van der Waals surface area contributed by atoms with Crippen LogP contribution in [0.2, 0.25) is 0 Å². The monoisotopic (exact) mass is 484 g/mol. The van der Waals surface area contributed by atoms with Crippen molar-refractivity contribution in [1.82, 2.24) is 5.43 Å². The molecule has 0 aliphatic heterocycles. The van der Waals surface area contributed by atoms with Gasteiger partial charge < -0.3 is 9.47 Å². The van der Waals surface area contributed by atoms with Crippen molar-refractivity contribution in [2.45, 2.75) is 20.5 Å². The van der Waals surface area contributed by atoms with Gasteiger partial charge >= 0.3 is 0 Å². The van der Waals surface area contributed by atoms with Crippen LogP contribution in [0.3, 0.4) is 0 Å². The van der Waals surface area contributed by atoms with Crippen LogP contribution in [-0.2, 0) is 6.61 Å². The molecule has 3 aromatic carbocycles. The highest BCUT2D eigenvalue weighted by Gasteiger charge is 2.13. The maximum atomic E-state index is 13.1. The van der Waals surface area contributed by atoms with Gasteiger partial charge in [-0.2, -0.15) is 5.10 Å². The highest BCUT2D eigenvalue weighted by atomic mass is 79.9. The molecule has 0 unspecified atom stereocenters. The lowest BCUT2D eigenvalue weighted by molar-refractivity contribution is 0.0954. The van der Waals surface area contributed by atoms with Crippen molar-refractivity contribution < 1.29 is 18.7 Å². The Morgan fingerprint density at radius 3 is 2.58 bits per heavy atom. The molecule has 0 heterocycles. The van der Waals surface area contributed by atoms with Crippen LogP contribution in [0.1, 0.15) is 34.0 Å². The van der Waals surface area contributed by atoms with E-state index in [1.54, 1.807) is 24.3 Å². The fourth-order valence-corrected chi connectivity index (χ4v) is 3.43. The third-order valence-electron chi connectivity index (χ3n) is 4.40. The quantitative estimate of drug-likeness (QED) is 0.332. The molecule has 0 saturated heterocycles. The van der Waals surface area contributed by atoms with E-state index in [2.05, 4.69) is 26.5 Å². The van der Waals surface area contributed by atoms with Gasteiger partial charge in [-0.3, -0.25) is 4.79 Å². The van der Waals surface area contributed by atoms with Gasteiger partial charge in [-0.05, 0) is 76.8 Å². The molecule has 0 aliphatic carbocycles. The maximum Gasteiger partial charge on any atom is 0.271 e. The first-order valence-electron chi connectivity index (χ1n) is 9.70. The number of amides is 1. The van der Waals surface area contributed by atoms with Crippen LogP contribution in [0.25, 0.3) is 0 Å². The summed E-state index contributed by atoms with van der Waals surface area (Å²) in [6.45, 7) is 4.46. The average Bonchev–Trinajstić information content (AvgIpc) is 2.75. The third-order valence-corrected chi connectivity index (χ3v) is 4.99. The molecular weight excluding hydrogens is 463 g/mol. The van der Waals surface area contributed by atoms with Crippen molar-refractivity contribution in [2.24, 2.45) is 5.10 Å². The van der Waals surface area contributed by atoms with Gasteiger partial charge in [0.15, 0.2) is 11.5 Å². The van der Waals surface area contributed by atoms with E-state index in [1.807, 2.05) is 38.1 Å². The predicted octanol–water partition coefficient (Wildman–Crippen LogP) is 5.64. The summed E-state index contributed by atoms with van der Waals surface area (Å²) < 4.78 is 25.4. The molecule has 1 amide bonds. The van der Waals surface area contributed by atoms with Crippen LogP contribution in [0, 0.1) is 12.7 Å². The Hall–Kier alpha value is -3.19. The number of ether oxygens (including phenoxy) is 2. The number of hydrogen-bond acceptors (Lipinski definition) is 4. The molecule has 0 fully saturated rings. The molecule has 31 heavy (non-hydrogen) atoms. The summed E-state index contributed by atoms with van der Waals surface area (Å²) in [6.07, 6.45) is 1.53. The summed E-state index contributed by atoms with van der Waals surface area (Å²) in [5.74, 6) is 0.494. The number of hydrazone groups is 1. The second-order valence-corrected chi connectivity index (χ2v) is 7.55. The summed E-state index contributed by atoms with van der Waals surface area (Å²) in [6, 6.07) is 17.0. The van der Waals surface area contributed by atoms with E-state index < -0.39 is 0 Å². The van der Waals surface area contributed by atoms with Gasteiger partial charge in [0.05, 0.1) is 17.3 Å². The van der Waals surface area contributed by atoms with Crippen molar-refractivity contribution in [3.05, 3.63) is 93.2 Å². The highest BCUT2D eigenvalue weighted by molar-refractivity contribution is 9.10. The topological polar surface area (TPSA) is 59.9 Å². The zero-order valence-corrected chi connectivity index (χ0v) is 18.8. The zero-order valence-electron chi connectivity index (χ0n) is 17.2. The zero-order chi connectivity index (χ0) is 22.2. The number of benzene rings is 3. The Morgan fingerprint density at radius 1 is 1.13 bits per heavy atom. The highest BCUT2D eigenvalue weighted by Crippen LogP contribution is 2.37. The molecule has 160 valence electrons. The lowest BCUT2D eigenvalue weighted by atomic mass is 10.1. The van der Waals surface area contributed by atoms with Gasteiger partial charge in [0, 0.05) is 5.56 Å². The lowest BCUT2D eigenvalue weighted by Gasteiger charge is -2.14. The molecular formula is C24H22BrFN2O3. The van der Waals surface area contributed by atoms with E-state index in [4.69, 9.17) is 9.47 Å². The first kappa shape index (κ1) is 22.5. The fourth-order valence-electron chi connectivity index (χ4n) is 2.85. The molecule has 0 atom stereocenters. The number of nitrogens with one attached hydrogen (secondary N) is 1. The molecule has 0 aliphatic rings. The van der Waals surface area contributed by atoms with Gasteiger partial charge in [-0.1, -0.05) is 30.3 Å². The summed E-state index contributed by atoms with van der Waals surface area (Å²) >= 11 is 3.51. The van der Waals surface area contributed by atoms with Gasteiger partial charge in [0.1, 0.15) is 12.4 Å². The molecule has 3 rings (SSSR count). The van der Waals surface area contributed by atoms with Crippen LogP contribution < -0.4 is 14.9 Å². The van der Waals surface area contributed by atoms with E-state index in [0.29, 0.717) is 28.1 Å². The largest absolute Gasteiger partial charge is 0.490 e. The number of hydrogen-bond donors (Lipinski definition) is 1. The first-order valence-corrected chi connectivity index (χ1v) is 10.5. The van der Waals surface area contributed by atoms with Gasteiger partial charge in [0.2, 0.25) is 0 Å². The van der Waals surface area contributed by atoms with Crippen LogP contribution in [0.5, 0.6) is 11.5 Å². The average molecular weight is 485 g/mol. The van der Waals surface area contributed by atoms with Crippen LogP contribution in [0.15, 0.2) is 70.2 Å². The summed E-state index contributed by atoms with van der Waals surface area (Å²) in [7, 11) is 0. The van der Waals surface area contributed by atoms with Crippen molar-refractivity contribution in [3.63, 3.8) is 0 Å². The Bertz CT molecular complexity index is 1080. The molecule has 0 radical (unpaired) electrons.